The van der Waals surface area contributed by atoms with Crippen molar-refractivity contribution in [2.24, 2.45) is 23.7 Å². The first-order valence-electron chi connectivity index (χ1n) is 5.18. The van der Waals surface area contributed by atoms with Crippen molar-refractivity contribution in [2.75, 3.05) is 0 Å². The molecule has 3 aliphatic carbocycles. The lowest BCUT2D eigenvalue weighted by Gasteiger charge is -2.27. The van der Waals surface area contributed by atoms with Gasteiger partial charge >= 0.3 is 0 Å². The van der Waals surface area contributed by atoms with Crippen LogP contribution in [-0.2, 0) is 14.3 Å². The molecule has 3 nitrogen and oxygen atoms in total. The van der Waals surface area contributed by atoms with Gasteiger partial charge in [-0.15, -0.1) is 0 Å². The number of epoxide rings is 1. The van der Waals surface area contributed by atoms with E-state index in [1.165, 1.54) is 12.2 Å². The molecule has 1 aliphatic heterocycles. The third-order valence-electron chi connectivity index (χ3n) is 4.33. The maximum absolute atomic E-state index is 11.7. The van der Waals surface area contributed by atoms with Gasteiger partial charge < -0.3 is 4.74 Å². The Morgan fingerprint density at radius 1 is 1.00 bits per heavy atom. The minimum atomic E-state index is -0.0405. The third kappa shape index (κ3) is 0.630. The van der Waals surface area contributed by atoms with E-state index in [2.05, 4.69) is 0 Å². The zero-order chi connectivity index (χ0) is 9.45. The van der Waals surface area contributed by atoms with Crippen molar-refractivity contribution < 1.29 is 14.3 Å². The van der Waals surface area contributed by atoms with Gasteiger partial charge in [-0.1, -0.05) is 0 Å². The van der Waals surface area contributed by atoms with Gasteiger partial charge in [0.2, 0.25) is 0 Å². The molecule has 3 fully saturated rings. The predicted molar refractivity (Wildman–Crippen MR) is 46.4 cm³/mol. The SMILES string of the molecule is O=C1C=CC(=O)C2C3CC(C4OC34)C12. The second-order valence-corrected chi connectivity index (χ2v) is 4.82. The zero-order valence-electron chi connectivity index (χ0n) is 7.55. The number of fused-ring (bicyclic) bond motifs is 8. The number of ketones is 2. The van der Waals surface area contributed by atoms with E-state index < -0.39 is 0 Å². The molecule has 72 valence electrons. The number of hydrogen-bond acceptors (Lipinski definition) is 3. The normalized spacial score (nSPS) is 57.4. The highest BCUT2D eigenvalue weighted by Gasteiger charge is 2.70. The van der Waals surface area contributed by atoms with Gasteiger partial charge in [-0.05, 0) is 30.4 Å². The second kappa shape index (κ2) is 2.01. The van der Waals surface area contributed by atoms with E-state index in [-0.39, 0.29) is 23.4 Å². The fourth-order valence-corrected chi connectivity index (χ4v) is 3.80. The third-order valence-corrected chi connectivity index (χ3v) is 4.33. The van der Waals surface area contributed by atoms with Gasteiger partial charge in [-0.3, -0.25) is 9.59 Å². The maximum Gasteiger partial charge on any atom is 0.160 e. The molecule has 6 atom stereocenters. The van der Waals surface area contributed by atoms with Gasteiger partial charge in [0, 0.05) is 11.8 Å². The molecule has 0 spiro atoms. The van der Waals surface area contributed by atoms with Crippen LogP contribution in [0.1, 0.15) is 6.42 Å². The van der Waals surface area contributed by atoms with Gasteiger partial charge in [0.1, 0.15) is 0 Å². The lowest BCUT2D eigenvalue weighted by Crippen LogP contribution is -2.39. The summed E-state index contributed by atoms with van der Waals surface area (Å²) in [6, 6.07) is 0. The zero-order valence-corrected chi connectivity index (χ0v) is 7.55. The molecule has 0 radical (unpaired) electrons. The lowest BCUT2D eigenvalue weighted by molar-refractivity contribution is -0.130. The molecule has 1 heterocycles. The Hall–Kier alpha value is -0.960. The van der Waals surface area contributed by atoms with Crippen molar-refractivity contribution in [3.05, 3.63) is 12.2 Å². The molecule has 0 amide bonds. The van der Waals surface area contributed by atoms with Crippen LogP contribution >= 0.6 is 0 Å². The molecule has 0 aromatic rings. The molecule has 4 aliphatic rings. The number of carbonyl (C=O) groups is 2. The molecular formula is C11H10O3. The number of ether oxygens (including phenoxy) is 1. The van der Waals surface area contributed by atoms with Crippen LogP contribution in [0.5, 0.6) is 0 Å². The maximum atomic E-state index is 11.7. The number of hydrogen-bond donors (Lipinski definition) is 0. The second-order valence-electron chi connectivity index (χ2n) is 4.82. The standard InChI is InChI=1S/C11H10O3/c12-6-1-2-7(13)9-5-3-4(8(6)9)10-11(5)14-10/h1-2,4-5,8-11H,3H2. The van der Waals surface area contributed by atoms with Crippen LogP contribution in [0, 0.1) is 23.7 Å². The van der Waals surface area contributed by atoms with E-state index in [9.17, 15) is 9.59 Å². The molecule has 6 unspecified atom stereocenters. The van der Waals surface area contributed by atoms with Crippen molar-refractivity contribution in [1.29, 1.82) is 0 Å². The molecule has 1 saturated heterocycles. The minimum absolute atomic E-state index is 0.0405. The van der Waals surface area contributed by atoms with Gasteiger partial charge in [0.25, 0.3) is 0 Å². The van der Waals surface area contributed by atoms with Gasteiger partial charge in [0.15, 0.2) is 11.6 Å². The number of carbonyl (C=O) groups excluding carboxylic acids is 2. The lowest BCUT2D eigenvalue weighted by atomic mass is 9.72. The molecule has 0 N–H and O–H groups in total. The van der Waals surface area contributed by atoms with Crippen molar-refractivity contribution in [1.82, 2.24) is 0 Å². The van der Waals surface area contributed by atoms with Crippen LogP contribution in [0.3, 0.4) is 0 Å². The Bertz CT molecular complexity index is 350. The molecule has 4 rings (SSSR count). The van der Waals surface area contributed by atoms with E-state index in [4.69, 9.17) is 4.74 Å². The highest BCUT2D eigenvalue weighted by molar-refractivity contribution is 6.08. The summed E-state index contributed by atoms with van der Waals surface area (Å²) in [5.41, 5.74) is 0. The monoisotopic (exact) mass is 190 g/mol. The van der Waals surface area contributed by atoms with Crippen LogP contribution in [0.4, 0.5) is 0 Å². The minimum Gasteiger partial charge on any atom is -0.369 e. The van der Waals surface area contributed by atoms with Crippen LogP contribution in [0.25, 0.3) is 0 Å². The Labute approximate surface area is 81.1 Å². The predicted octanol–water partition coefficient (Wildman–Crippen LogP) is 0.344. The number of rotatable bonds is 0. The van der Waals surface area contributed by atoms with E-state index >= 15 is 0 Å². The average Bonchev–Trinajstić information content (AvgIpc) is 2.79. The molecule has 0 aromatic carbocycles. The summed E-state index contributed by atoms with van der Waals surface area (Å²) in [6.45, 7) is 0. The molecule has 2 bridgehead atoms. The van der Waals surface area contributed by atoms with E-state index in [1.807, 2.05) is 0 Å². The highest BCUT2D eigenvalue weighted by atomic mass is 16.6. The Kier molecular flexibility index (Phi) is 1.05. The summed E-state index contributed by atoms with van der Waals surface area (Å²) in [4.78, 5) is 23.4. The molecule has 0 aromatic heterocycles. The Morgan fingerprint density at radius 2 is 1.50 bits per heavy atom. The van der Waals surface area contributed by atoms with E-state index in [0.717, 1.165) is 6.42 Å². The fourth-order valence-electron chi connectivity index (χ4n) is 3.80. The molecule has 3 heteroatoms. The summed E-state index contributed by atoms with van der Waals surface area (Å²) in [5, 5.41) is 0. The summed E-state index contributed by atoms with van der Waals surface area (Å²) in [7, 11) is 0. The van der Waals surface area contributed by atoms with Crippen LogP contribution in [-0.4, -0.2) is 23.8 Å². The quantitative estimate of drug-likeness (QED) is 0.517. The van der Waals surface area contributed by atoms with Crippen molar-refractivity contribution in [2.45, 2.75) is 18.6 Å². The summed E-state index contributed by atoms with van der Waals surface area (Å²) in [5.74, 6) is 0.905. The van der Waals surface area contributed by atoms with Gasteiger partial charge in [0.05, 0.1) is 12.2 Å². The van der Waals surface area contributed by atoms with Crippen molar-refractivity contribution >= 4 is 11.6 Å². The van der Waals surface area contributed by atoms with Crippen LogP contribution < -0.4 is 0 Å². The largest absolute Gasteiger partial charge is 0.369 e. The van der Waals surface area contributed by atoms with Crippen molar-refractivity contribution in [3.63, 3.8) is 0 Å². The number of allylic oxidation sites excluding steroid dienone is 2. The molecular weight excluding hydrogens is 180 g/mol. The first kappa shape index (κ1) is 7.35. The van der Waals surface area contributed by atoms with Gasteiger partial charge in [-0.25, -0.2) is 0 Å². The summed E-state index contributed by atoms with van der Waals surface area (Å²) < 4.78 is 5.50. The average molecular weight is 190 g/mol. The van der Waals surface area contributed by atoms with E-state index in [1.54, 1.807) is 0 Å². The van der Waals surface area contributed by atoms with Crippen LogP contribution in [0.2, 0.25) is 0 Å². The Morgan fingerprint density at radius 3 is 2.00 bits per heavy atom. The topological polar surface area (TPSA) is 46.7 Å². The first-order chi connectivity index (χ1) is 6.77. The van der Waals surface area contributed by atoms with E-state index in [0.29, 0.717) is 24.0 Å². The molecule has 2 saturated carbocycles. The molecule has 14 heavy (non-hydrogen) atoms. The summed E-state index contributed by atoms with van der Waals surface area (Å²) in [6.07, 6.45) is 4.57. The highest BCUT2D eigenvalue weighted by Crippen LogP contribution is 2.62. The van der Waals surface area contributed by atoms with Crippen LogP contribution in [0.15, 0.2) is 12.2 Å². The Balaban J connectivity index is 1.84. The van der Waals surface area contributed by atoms with Gasteiger partial charge in [-0.2, -0.15) is 0 Å². The fraction of sp³-hybridized carbons (Fsp3) is 0.636. The first-order valence-corrected chi connectivity index (χ1v) is 5.18. The summed E-state index contributed by atoms with van der Waals surface area (Å²) >= 11 is 0. The van der Waals surface area contributed by atoms with Crippen molar-refractivity contribution in [3.8, 4) is 0 Å². The smallest absolute Gasteiger partial charge is 0.160 e.